The fourth-order valence-corrected chi connectivity index (χ4v) is 1.07. The molecule has 0 aliphatic heterocycles. The first-order chi connectivity index (χ1) is 6.20. The number of carbonyl (C=O) groups is 1. The van der Waals surface area contributed by atoms with E-state index in [9.17, 15) is 4.79 Å². The molecule has 2 heteroatoms. The molecule has 0 spiro atoms. The van der Waals surface area contributed by atoms with Crippen LogP contribution in [-0.4, -0.2) is 13.1 Å². The maximum Gasteiger partial charge on any atom is 0.329 e. The zero-order valence-corrected chi connectivity index (χ0v) is 7.83. The van der Waals surface area contributed by atoms with Gasteiger partial charge < -0.3 is 4.74 Å². The van der Waals surface area contributed by atoms with Crippen LogP contribution in [0.2, 0.25) is 0 Å². The Bertz CT molecular complexity index is 320. The SMILES string of the molecule is C=CC(=O)OC.Cc1c2cccc1-2. The number of rotatable bonds is 1. The summed E-state index contributed by atoms with van der Waals surface area (Å²) in [5, 5.41) is 0. The van der Waals surface area contributed by atoms with E-state index in [0.29, 0.717) is 0 Å². The van der Waals surface area contributed by atoms with Crippen molar-refractivity contribution in [3.63, 3.8) is 0 Å². The van der Waals surface area contributed by atoms with Crippen molar-refractivity contribution in [2.24, 2.45) is 0 Å². The highest BCUT2D eigenvalue weighted by molar-refractivity contribution is 5.88. The quantitative estimate of drug-likeness (QED) is 0.492. The lowest BCUT2D eigenvalue weighted by molar-refractivity contribution is -0.134. The van der Waals surface area contributed by atoms with Crippen LogP contribution in [0, 0.1) is 6.92 Å². The third-order valence-electron chi connectivity index (χ3n) is 1.93. The maximum atomic E-state index is 9.84. The van der Waals surface area contributed by atoms with Gasteiger partial charge in [-0.25, -0.2) is 4.79 Å². The lowest BCUT2D eigenvalue weighted by Gasteiger charge is -1.83. The normalized spacial score (nSPS) is 9.38. The van der Waals surface area contributed by atoms with Gasteiger partial charge in [-0.3, -0.25) is 0 Å². The van der Waals surface area contributed by atoms with E-state index in [-0.39, 0.29) is 0 Å². The molecule has 0 saturated carbocycles. The fraction of sp³-hybridized carbons (Fsp3) is 0.182. The number of ether oxygens (including phenoxy) is 1. The Morgan fingerprint density at radius 2 is 2.00 bits per heavy atom. The summed E-state index contributed by atoms with van der Waals surface area (Å²) in [7, 11) is 1.31. The molecule has 0 saturated heterocycles. The highest BCUT2D eigenvalue weighted by Crippen LogP contribution is 2.40. The molecule has 0 aromatic rings. The molecular weight excluding hydrogens is 164 g/mol. The largest absolute Gasteiger partial charge is 0.466 e. The Balaban J connectivity index is 0.000000133. The van der Waals surface area contributed by atoms with Gasteiger partial charge >= 0.3 is 5.97 Å². The lowest BCUT2D eigenvalue weighted by Crippen LogP contribution is -1.91. The number of benzene rings is 1. The Morgan fingerprint density at radius 1 is 1.46 bits per heavy atom. The summed E-state index contributed by atoms with van der Waals surface area (Å²) in [5.41, 5.74) is 4.43. The third kappa shape index (κ3) is 2.18. The zero-order chi connectivity index (χ0) is 9.84. The van der Waals surface area contributed by atoms with Crippen LogP contribution < -0.4 is 0 Å². The van der Waals surface area contributed by atoms with Gasteiger partial charge in [0.2, 0.25) is 0 Å². The van der Waals surface area contributed by atoms with Crippen LogP contribution in [0.3, 0.4) is 0 Å². The second kappa shape index (κ2) is 3.90. The van der Waals surface area contributed by atoms with E-state index in [1.165, 1.54) is 23.8 Å². The van der Waals surface area contributed by atoms with E-state index in [4.69, 9.17) is 0 Å². The van der Waals surface area contributed by atoms with Gasteiger partial charge in [-0.1, -0.05) is 24.8 Å². The van der Waals surface area contributed by atoms with Crippen molar-refractivity contribution < 1.29 is 9.53 Å². The molecular formula is C11H12O2. The summed E-state index contributed by atoms with van der Waals surface area (Å²) in [6.45, 7) is 5.31. The first-order valence-electron chi connectivity index (χ1n) is 4.01. The van der Waals surface area contributed by atoms with Gasteiger partial charge in [0.05, 0.1) is 7.11 Å². The van der Waals surface area contributed by atoms with Gasteiger partial charge in [-0.2, -0.15) is 0 Å². The molecule has 0 unspecified atom stereocenters. The van der Waals surface area contributed by atoms with Crippen LogP contribution in [0.15, 0.2) is 30.9 Å². The Hall–Kier alpha value is -1.57. The number of fused-ring (bicyclic) bond motifs is 1. The van der Waals surface area contributed by atoms with Crippen molar-refractivity contribution in [2.45, 2.75) is 6.92 Å². The second-order valence-electron chi connectivity index (χ2n) is 2.71. The minimum atomic E-state index is -0.394. The number of hydrogen-bond acceptors (Lipinski definition) is 2. The van der Waals surface area contributed by atoms with E-state index < -0.39 is 5.97 Å². The predicted octanol–water partition coefficient (Wildman–Crippen LogP) is 2.32. The summed E-state index contributed by atoms with van der Waals surface area (Å²) in [5.74, 6) is -0.394. The Morgan fingerprint density at radius 3 is 2.15 bits per heavy atom. The monoisotopic (exact) mass is 176 g/mol. The molecule has 2 aliphatic rings. The first-order valence-corrected chi connectivity index (χ1v) is 4.01. The number of methoxy groups -OCH3 is 1. The fourth-order valence-electron chi connectivity index (χ4n) is 1.07. The molecule has 0 bridgehead atoms. The van der Waals surface area contributed by atoms with Gasteiger partial charge in [0, 0.05) is 6.08 Å². The average molecular weight is 176 g/mol. The molecule has 2 nitrogen and oxygen atoms in total. The summed E-state index contributed by atoms with van der Waals surface area (Å²) < 4.78 is 4.14. The second-order valence-corrected chi connectivity index (χ2v) is 2.71. The smallest absolute Gasteiger partial charge is 0.329 e. The molecule has 0 aromatic carbocycles. The van der Waals surface area contributed by atoms with Crippen LogP contribution >= 0.6 is 0 Å². The van der Waals surface area contributed by atoms with Crippen molar-refractivity contribution in [2.75, 3.05) is 7.11 Å². The molecule has 68 valence electrons. The number of esters is 1. The number of hydrogen-bond donors (Lipinski definition) is 0. The summed E-state index contributed by atoms with van der Waals surface area (Å²) in [6.07, 6.45) is 1.11. The highest BCUT2D eigenvalue weighted by atomic mass is 16.5. The maximum absolute atomic E-state index is 9.84. The van der Waals surface area contributed by atoms with Gasteiger partial charge in [-0.15, -0.1) is 0 Å². The summed E-state index contributed by atoms with van der Waals surface area (Å²) >= 11 is 0. The zero-order valence-electron chi connectivity index (χ0n) is 7.83. The molecule has 0 aromatic heterocycles. The highest BCUT2D eigenvalue weighted by Gasteiger charge is 2.17. The Kier molecular flexibility index (Phi) is 2.85. The molecule has 0 N–H and O–H groups in total. The van der Waals surface area contributed by atoms with Crippen LogP contribution in [0.5, 0.6) is 0 Å². The lowest BCUT2D eigenvalue weighted by atomic mass is 10.5. The third-order valence-corrected chi connectivity index (χ3v) is 1.93. The van der Waals surface area contributed by atoms with E-state index in [0.717, 1.165) is 6.08 Å². The molecule has 0 radical (unpaired) electrons. The molecule has 2 aliphatic carbocycles. The van der Waals surface area contributed by atoms with E-state index in [1.807, 2.05) is 0 Å². The van der Waals surface area contributed by atoms with Crippen LogP contribution in [0.4, 0.5) is 0 Å². The van der Waals surface area contributed by atoms with Crippen LogP contribution in [0.1, 0.15) is 5.56 Å². The van der Waals surface area contributed by atoms with Gasteiger partial charge in [-0.05, 0) is 23.6 Å². The van der Waals surface area contributed by atoms with E-state index in [2.05, 4.69) is 36.4 Å². The van der Waals surface area contributed by atoms with Crippen molar-refractivity contribution in [1.29, 1.82) is 0 Å². The van der Waals surface area contributed by atoms with Gasteiger partial charge in [0.15, 0.2) is 0 Å². The minimum Gasteiger partial charge on any atom is -0.466 e. The standard InChI is InChI=1S/C7H6.C4H6O2/c1-5-6-3-2-4-7(5)6;1-3-4(5)6-2/h2-4H,1H3;3H,1H2,2H3. The number of carbonyl (C=O) groups excluding carboxylic acids is 1. The predicted molar refractivity (Wildman–Crippen MR) is 52.4 cm³/mol. The molecule has 0 amide bonds. The van der Waals surface area contributed by atoms with Crippen molar-refractivity contribution in [3.05, 3.63) is 36.4 Å². The Labute approximate surface area is 77.8 Å². The molecule has 13 heavy (non-hydrogen) atoms. The van der Waals surface area contributed by atoms with Crippen LogP contribution in [0.25, 0.3) is 11.1 Å². The topological polar surface area (TPSA) is 26.3 Å². The van der Waals surface area contributed by atoms with Crippen molar-refractivity contribution in [3.8, 4) is 11.1 Å². The summed E-state index contributed by atoms with van der Waals surface area (Å²) in [4.78, 5) is 9.84. The van der Waals surface area contributed by atoms with Gasteiger partial charge in [0.25, 0.3) is 0 Å². The van der Waals surface area contributed by atoms with E-state index >= 15 is 0 Å². The van der Waals surface area contributed by atoms with Gasteiger partial charge in [0.1, 0.15) is 0 Å². The van der Waals surface area contributed by atoms with Crippen molar-refractivity contribution >= 4 is 5.97 Å². The summed E-state index contributed by atoms with van der Waals surface area (Å²) in [6, 6.07) is 6.41. The van der Waals surface area contributed by atoms with Crippen LogP contribution in [-0.2, 0) is 9.53 Å². The minimum absolute atomic E-state index is 0.394. The average Bonchev–Trinajstić information content (AvgIpc) is 2.63. The molecule has 2 rings (SSSR count). The first kappa shape index (κ1) is 9.52. The van der Waals surface area contributed by atoms with Crippen molar-refractivity contribution in [1.82, 2.24) is 0 Å². The molecule has 0 heterocycles. The number of aryl methyl sites for hydroxylation is 1. The van der Waals surface area contributed by atoms with E-state index in [1.54, 1.807) is 0 Å². The molecule has 0 fully saturated rings. The molecule has 0 atom stereocenters.